The number of carbonyl (C=O) groups is 2. The summed E-state index contributed by atoms with van der Waals surface area (Å²) >= 11 is 0. The van der Waals surface area contributed by atoms with Gasteiger partial charge in [-0.2, -0.15) is 0 Å². The van der Waals surface area contributed by atoms with Gasteiger partial charge in [0.1, 0.15) is 18.0 Å². The van der Waals surface area contributed by atoms with Gasteiger partial charge in [0.05, 0.1) is 18.5 Å². The van der Waals surface area contributed by atoms with Crippen molar-refractivity contribution >= 4 is 23.2 Å². The third kappa shape index (κ3) is 5.13. The summed E-state index contributed by atoms with van der Waals surface area (Å²) in [6, 6.07) is 23.5. The first-order valence-corrected chi connectivity index (χ1v) is 9.11. The lowest BCUT2D eigenvalue weighted by molar-refractivity contribution is -0.120. The summed E-state index contributed by atoms with van der Waals surface area (Å²) < 4.78 is 11.2. The van der Waals surface area contributed by atoms with Gasteiger partial charge in [0, 0.05) is 6.92 Å². The second-order valence-electron chi connectivity index (χ2n) is 6.24. The number of nitrogens with one attached hydrogen (secondary N) is 1. The Morgan fingerprint density at radius 2 is 1.48 bits per heavy atom. The zero-order valence-electron chi connectivity index (χ0n) is 16.3. The molecule has 2 amide bonds. The molecular formula is C23H22N2O4. The summed E-state index contributed by atoms with van der Waals surface area (Å²) in [5, 5.41) is 2.79. The van der Waals surface area contributed by atoms with Crippen molar-refractivity contribution < 1.29 is 19.1 Å². The van der Waals surface area contributed by atoms with Gasteiger partial charge in [-0.3, -0.25) is 14.5 Å². The van der Waals surface area contributed by atoms with E-state index in [9.17, 15) is 9.59 Å². The van der Waals surface area contributed by atoms with Gasteiger partial charge < -0.3 is 14.8 Å². The predicted octanol–water partition coefficient (Wildman–Crippen LogP) is 4.48. The molecule has 0 radical (unpaired) electrons. The monoisotopic (exact) mass is 390 g/mol. The Hall–Kier alpha value is -3.80. The van der Waals surface area contributed by atoms with Crippen molar-refractivity contribution in [2.75, 3.05) is 23.9 Å². The van der Waals surface area contributed by atoms with Crippen LogP contribution in [0.3, 0.4) is 0 Å². The highest BCUT2D eigenvalue weighted by Crippen LogP contribution is 2.32. The Balaban J connectivity index is 1.81. The van der Waals surface area contributed by atoms with Crippen LogP contribution >= 0.6 is 0 Å². The lowest BCUT2D eigenvalue weighted by Crippen LogP contribution is -2.36. The smallest absolute Gasteiger partial charge is 0.244 e. The van der Waals surface area contributed by atoms with Gasteiger partial charge in [-0.05, 0) is 36.4 Å². The van der Waals surface area contributed by atoms with E-state index in [0.717, 1.165) is 0 Å². The first kappa shape index (κ1) is 19.9. The molecule has 0 heterocycles. The van der Waals surface area contributed by atoms with Crippen molar-refractivity contribution in [2.45, 2.75) is 6.92 Å². The topological polar surface area (TPSA) is 67.9 Å². The summed E-state index contributed by atoms with van der Waals surface area (Å²) in [6.07, 6.45) is 0. The van der Waals surface area contributed by atoms with E-state index in [2.05, 4.69) is 5.32 Å². The first-order chi connectivity index (χ1) is 14.1. The second-order valence-corrected chi connectivity index (χ2v) is 6.24. The summed E-state index contributed by atoms with van der Waals surface area (Å²) in [7, 11) is 1.53. The van der Waals surface area contributed by atoms with Crippen LogP contribution in [-0.4, -0.2) is 25.5 Å². The van der Waals surface area contributed by atoms with Crippen molar-refractivity contribution in [3.8, 4) is 17.2 Å². The number of hydrogen-bond acceptors (Lipinski definition) is 4. The average Bonchev–Trinajstić information content (AvgIpc) is 2.73. The minimum atomic E-state index is -0.348. The van der Waals surface area contributed by atoms with Gasteiger partial charge in [-0.15, -0.1) is 0 Å². The number of para-hydroxylation sites is 5. The van der Waals surface area contributed by atoms with Gasteiger partial charge in [0.2, 0.25) is 11.8 Å². The molecule has 0 aromatic heterocycles. The lowest BCUT2D eigenvalue weighted by atomic mass is 10.2. The average molecular weight is 390 g/mol. The van der Waals surface area contributed by atoms with Gasteiger partial charge in [-0.1, -0.05) is 42.5 Å². The zero-order valence-corrected chi connectivity index (χ0v) is 16.3. The molecule has 0 fully saturated rings. The van der Waals surface area contributed by atoms with Crippen LogP contribution in [0.25, 0.3) is 0 Å². The molecule has 6 nitrogen and oxygen atoms in total. The molecule has 0 atom stereocenters. The van der Waals surface area contributed by atoms with Gasteiger partial charge in [0.25, 0.3) is 0 Å². The molecule has 3 aromatic rings. The van der Waals surface area contributed by atoms with Crippen LogP contribution in [0.1, 0.15) is 6.92 Å². The molecule has 0 aliphatic heterocycles. The number of benzene rings is 3. The predicted molar refractivity (Wildman–Crippen MR) is 113 cm³/mol. The number of amides is 2. The van der Waals surface area contributed by atoms with Crippen LogP contribution in [0.4, 0.5) is 11.4 Å². The number of ether oxygens (including phenoxy) is 2. The first-order valence-electron chi connectivity index (χ1n) is 9.11. The molecule has 0 spiro atoms. The minimum absolute atomic E-state index is 0.164. The van der Waals surface area contributed by atoms with Crippen molar-refractivity contribution in [2.24, 2.45) is 0 Å². The summed E-state index contributed by atoms with van der Waals surface area (Å²) in [4.78, 5) is 26.3. The number of rotatable bonds is 7. The fourth-order valence-electron chi connectivity index (χ4n) is 2.83. The van der Waals surface area contributed by atoms with E-state index in [1.54, 1.807) is 36.4 Å². The molecule has 0 aliphatic rings. The van der Waals surface area contributed by atoms with Gasteiger partial charge in [-0.25, -0.2) is 0 Å². The number of hydrogen-bond donors (Lipinski definition) is 1. The molecule has 6 heteroatoms. The van der Waals surface area contributed by atoms with Crippen LogP contribution in [0.2, 0.25) is 0 Å². The molecule has 3 aromatic carbocycles. The third-order valence-corrected chi connectivity index (χ3v) is 4.19. The van der Waals surface area contributed by atoms with Crippen molar-refractivity contribution in [3.05, 3.63) is 78.9 Å². The number of carbonyl (C=O) groups excluding carboxylic acids is 2. The third-order valence-electron chi connectivity index (χ3n) is 4.19. The van der Waals surface area contributed by atoms with E-state index in [1.807, 2.05) is 42.5 Å². The standard InChI is InChI=1S/C23H22N2O4/c1-17(26)25(16-23(27)24-19-12-6-8-14-21(19)28-2)20-13-7-9-15-22(20)29-18-10-4-3-5-11-18/h3-15H,16H2,1-2H3,(H,24,27). The van der Waals surface area contributed by atoms with E-state index < -0.39 is 0 Å². The molecule has 0 aliphatic carbocycles. The fourth-order valence-corrected chi connectivity index (χ4v) is 2.83. The normalized spacial score (nSPS) is 10.1. The Labute approximate surface area is 169 Å². The summed E-state index contributed by atoms with van der Waals surface area (Å²) in [5.41, 5.74) is 1.05. The van der Waals surface area contributed by atoms with E-state index >= 15 is 0 Å². The highest BCUT2D eigenvalue weighted by atomic mass is 16.5. The highest BCUT2D eigenvalue weighted by molar-refractivity contribution is 6.03. The number of anilines is 2. The van der Waals surface area contributed by atoms with Crippen molar-refractivity contribution in [1.82, 2.24) is 0 Å². The molecule has 0 bridgehead atoms. The number of methoxy groups -OCH3 is 1. The summed E-state index contributed by atoms with van der Waals surface area (Å²) in [6.45, 7) is 1.25. The number of nitrogens with zero attached hydrogens (tertiary/aromatic N) is 1. The lowest BCUT2D eigenvalue weighted by Gasteiger charge is -2.23. The van der Waals surface area contributed by atoms with Crippen LogP contribution in [0, 0.1) is 0 Å². The van der Waals surface area contributed by atoms with Crippen LogP contribution < -0.4 is 19.7 Å². The molecule has 3 rings (SSSR count). The largest absolute Gasteiger partial charge is 0.495 e. The maximum Gasteiger partial charge on any atom is 0.244 e. The highest BCUT2D eigenvalue weighted by Gasteiger charge is 2.20. The Bertz CT molecular complexity index is 989. The van der Waals surface area contributed by atoms with E-state index in [4.69, 9.17) is 9.47 Å². The molecule has 1 N–H and O–H groups in total. The van der Waals surface area contributed by atoms with E-state index in [0.29, 0.717) is 28.6 Å². The molecule has 29 heavy (non-hydrogen) atoms. The maximum atomic E-state index is 12.6. The second kappa shape index (κ2) is 9.41. The SMILES string of the molecule is COc1ccccc1NC(=O)CN(C(C)=O)c1ccccc1Oc1ccccc1. The van der Waals surface area contributed by atoms with Gasteiger partial charge in [0.15, 0.2) is 5.75 Å². The molecule has 0 saturated carbocycles. The van der Waals surface area contributed by atoms with E-state index in [1.165, 1.54) is 18.9 Å². The molecule has 0 saturated heterocycles. The van der Waals surface area contributed by atoms with Crippen molar-refractivity contribution in [3.63, 3.8) is 0 Å². The Kier molecular flexibility index (Phi) is 6.47. The minimum Gasteiger partial charge on any atom is -0.495 e. The van der Waals surface area contributed by atoms with E-state index in [-0.39, 0.29) is 18.4 Å². The van der Waals surface area contributed by atoms with Crippen LogP contribution in [0.15, 0.2) is 78.9 Å². The van der Waals surface area contributed by atoms with Crippen molar-refractivity contribution in [1.29, 1.82) is 0 Å². The maximum absolute atomic E-state index is 12.6. The fraction of sp³-hybridized carbons (Fsp3) is 0.130. The molecule has 148 valence electrons. The zero-order chi connectivity index (χ0) is 20.6. The molecular weight excluding hydrogens is 368 g/mol. The van der Waals surface area contributed by atoms with Crippen LogP contribution in [0.5, 0.6) is 17.2 Å². The summed E-state index contributed by atoms with van der Waals surface area (Å²) in [5.74, 6) is 1.05. The Morgan fingerprint density at radius 1 is 0.862 bits per heavy atom. The Morgan fingerprint density at radius 3 is 2.17 bits per heavy atom. The molecule has 0 unspecified atom stereocenters. The van der Waals surface area contributed by atoms with Gasteiger partial charge >= 0.3 is 0 Å². The quantitative estimate of drug-likeness (QED) is 0.646. The van der Waals surface area contributed by atoms with Crippen LogP contribution in [-0.2, 0) is 9.59 Å².